The number of halogens is 1. The van der Waals surface area contributed by atoms with Gasteiger partial charge in [0.2, 0.25) is 0 Å². The van der Waals surface area contributed by atoms with E-state index in [0.29, 0.717) is 40.5 Å². The highest BCUT2D eigenvalue weighted by molar-refractivity contribution is 8.01. The number of ketones is 1. The van der Waals surface area contributed by atoms with Crippen molar-refractivity contribution in [1.29, 1.82) is 5.26 Å². The molecule has 0 spiro atoms. The maximum atomic E-state index is 13.7. The van der Waals surface area contributed by atoms with E-state index in [1.165, 1.54) is 4.88 Å². The van der Waals surface area contributed by atoms with Gasteiger partial charge in [0.05, 0.1) is 32.5 Å². The Morgan fingerprint density at radius 3 is 2.67 bits per heavy atom. The Hall–Kier alpha value is -2.20. The predicted octanol–water partition coefficient (Wildman–Crippen LogP) is 7.02. The van der Waals surface area contributed by atoms with Crippen LogP contribution in [0.15, 0.2) is 57.2 Å². The van der Waals surface area contributed by atoms with Gasteiger partial charge < -0.3 is 5.73 Å². The largest absolute Gasteiger partial charge is 0.384 e. The quantitative estimate of drug-likeness (QED) is 0.449. The Morgan fingerprint density at radius 1 is 1.30 bits per heavy atom. The fourth-order valence-electron chi connectivity index (χ4n) is 4.79. The van der Waals surface area contributed by atoms with Gasteiger partial charge in [0.25, 0.3) is 0 Å². The van der Waals surface area contributed by atoms with Crippen LogP contribution in [0.4, 0.5) is 5.69 Å². The van der Waals surface area contributed by atoms with Crippen molar-refractivity contribution >= 4 is 46.2 Å². The maximum Gasteiger partial charge on any atom is 0.162 e. The monoisotopic (exact) mass is 497 g/mol. The van der Waals surface area contributed by atoms with E-state index < -0.39 is 5.92 Å². The summed E-state index contributed by atoms with van der Waals surface area (Å²) in [4.78, 5) is 16.8. The summed E-state index contributed by atoms with van der Waals surface area (Å²) in [5, 5.41) is 10.8. The molecule has 0 saturated carbocycles. The van der Waals surface area contributed by atoms with E-state index in [4.69, 9.17) is 17.3 Å². The molecule has 4 rings (SSSR count). The molecule has 1 aromatic carbocycles. The molecule has 1 aliphatic carbocycles. The summed E-state index contributed by atoms with van der Waals surface area (Å²) in [5.74, 6) is 0.915. The predicted molar refractivity (Wildman–Crippen MR) is 139 cm³/mol. The molecule has 0 radical (unpaired) electrons. The van der Waals surface area contributed by atoms with Gasteiger partial charge in [-0.3, -0.25) is 9.69 Å². The van der Waals surface area contributed by atoms with Gasteiger partial charge in [-0.1, -0.05) is 51.4 Å². The minimum atomic E-state index is -0.446. The standard InChI is InChI=1S/C26H28ClN3OS2/c1-5-15-11-16(25(33-15)32-6-2)22-17(14-28)24(29)30(19-10-8-7-9-18(19)27)20-12-26(3,4)13-21(31)23(20)22/h7-11,22H,5-6,12-13,29H2,1-4H3. The number of para-hydroxylation sites is 1. The molecule has 7 heteroatoms. The number of aryl methyl sites for hydroxylation is 1. The Bertz CT molecular complexity index is 1220. The number of allylic oxidation sites excluding steroid dienone is 3. The second kappa shape index (κ2) is 9.21. The maximum absolute atomic E-state index is 13.7. The van der Waals surface area contributed by atoms with Crippen LogP contribution in [0.5, 0.6) is 0 Å². The molecule has 172 valence electrons. The highest BCUT2D eigenvalue weighted by Gasteiger charge is 2.45. The van der Waals surface area contributed by atoms with Crippen molar-refractivity contribution in [3.63, 3.8) is 0 Å². The first kappa shape index (κ1) is 23.9. The Balaban J connectivity index is 2.03. The average molecular weight is 498 g/mol. The molecule has 1 unspecified atom stereocenters. The summed E-state index contributed by atoms with van der Waals surface area (Å²) in [5.41, 5.74) is 10.2. The van der Waals surface area contributed by atoms with Gasteiger partial charge in [0, 0.05) is 22.6 Å². The molecule has 0 fully saturated rings. The molecule has 2 N–H and O–H groups in total. The SMILES string of the molecule is CCSc1sc(CC)cc1C1C(C#N)=C(N)N(c2ccccc2Cl)C2=C1C(=O)CC(C)(C)C2. The van der Waals surface area contributed by atoms with Crippen molar-refractivity contribution in [3.05, 3.63) is 68.5 Å². The van der Waals surface area contributed by atoms with Gasteiger partial charge >= 0.3 is 0 Å². The van der Waals surface area contributed by atoms with Crippen molar-refractivity contribution in [2.24, 2.45) is 11.1 Å². The fraction of sp³-hybridized carbons (Fsp3) is 0.385. The molecule has 1 atom stereocenters. The zero-order valence-electron chi connectivity index (χ0n) is 19.4. The lowest BCUT2D eigenvalue weighted by Crippen LogP contribution is -2.42. The number of thioether (sulfide) groups is 1. The lowest BCUT2D eigenvalue weighted by atomic mass is 9.69. The molecule has 2 heterocycles. The van der Waals surface area contributed by atoms with Crippen LogP contribution >= 0.6 is 34.7 Å². The number of nitrogens with two attached hydrogens (primary N) is 1. The third-order valence-electron chi connectivity index (χ3n) is 6.19. The third-order valence-corrected chi connectivity index (χ3v) is 8.98. The number of rotatable bonds is 5. The van der Waals surface area contributed by atoms with Crippen LogP contribution < -0.4 is 10.6 Å². The molecule has 2 aromatic rings. The van der Waals surface area contributed by atoms with E-state index in [1.54, 1.807) is 29.2 Å². The summed E-state index contributed by atoms with van der Waals surface area (Å²) < 4.78 is 1.16. The summed E-state index contributed by atoms with van der Waals surface area (Å²) in [6, 6.07) is 12.0. The number of nitrogens with zero attached hydrogens (tertiary/aromatic N) is 2. The van der Waals surface area contributed by atoms with Crippen LogP contribution in [0.25, 0.3) is 0 Å². The molecule has 2 aliphatic rings. The zero-order valence-corrected chi connectivity index (χ0v) is 21.8. The highest BCUT2D eigenvalue weighted by atomic mass is 35.5. The van der Waals surface area contributed by atoms with E-state index in [9.17, 15) is 10.1 Å². The van der Waals surface area contributed by atoms with E-state index in [1.807, 2.05) is 23.1 Å². The first-order chi connectivity index (χ1) is 15.7. The van der Waals surface area contributed by atoms with Gasteiger partial charge in [0.1, 0.15) is 5.82 Å². The van der Waals surface area contributed by atoms with E-state index in [0.717, 1.165) is 27.6 Å². The molecule has 1 aromatic heterocycles. The highest BCUT2D eigenvalue weighted by Crippen LogP contribution is 2.53. The Morgan fingerprint density at radius 2 is 2.03 bits per heavy atom. The zero-order chi connectivity index (χ0) is 23.9. The van der Waals surface area contributed by atoms with Crippen molar-refractivity contribution in [2.75, 3.05) is 10.7 Å². The van der Waals surface area contributed by atoms with Crippen LogP contribution in [0.3, 0.4) is 0 Å². The van der Waals surface area contributed by atoms with Crippen LogP contribution in [0.1, 0.15) is 56.9 Å². The molecule has 33 heavy (non-hydrogen) atoms. The van der Waals surface area contributed by atoms with Crippen molar-refractivity contribution in [3.8, 4) is 6.07 Å². The van der Waals surface area contributed by atoms with Gasteiger partial charge in [0.15, 0.2) is 5.78 Å². The molecular formula is C26H28ClN3OS2. The minimum absolute atomic E-state index is 0.0836. The first-order valence-electron chi connectivity index (χ1n) is 11.2. The molecular weight excluding hydrogens is 470 g/mol. The number of benzene rings is 1. The topological polar surface area (TPSA) is 70.1 Å². The Labute approximate surface area is 209 Å². The molecule has 0 amide bonds. The van der Waals surface area contributed by atoms with E-state index >= 15 is 0 Å². The van der Waals surface area contributed by atoms with Crippen molar-refractivity contribution < 1.29 is 4.79 Å². The number of nitriles is 1. The van der Waals surface area contributed by atoms with Gasteiger partial charge in [-0.05, 0) is 47.8 Å². The summed E-state index contributed by atoms with van der Waals surface area (Å²) in [7, 11) is 0. The van der Waals surface area contributed by atoms with Crippen molar-refractivity contribution in [2.45, 2.75) is 57.1 Å². The second-order valence-corrected chi connectivity index (χ2v) is 12.3. The number of carbonyl (C=O) groups is 1. The molecule has 0 bridgehead atoms. The number of thiophene rings is 1. The molecule has 1 aliphatic heterocycles. The summed E-state index contributed by atoms with van der Waals surface area (Å²) in [6.07, 6.45) is 2.03. The van der Waals surface area contributed by atoms with Gasteiger partial charge in [-0.2, -0.15) is 5.26 Å². The fourth-order valence-corrected chi connectivity index (χ4v) is 7.39. The second-order valence-electron chi connectivity index (χ2n) is 9.17. The van der Waals surface area contributed by atoms with Gasteiger partial charge in [-0.25, -0.2) is 0 Å². The lowest BCUT2D eigenvalue weighted by Gasteiger charge is -2.44. The smallest absolute Gasteiger partial charge is 0.162 e. The van der Waals surface area contributed by atoms with Crippen LogP contribution in [-0.2, 0) is 11.2 Å². The number of Topliss-reactive ketones (excluding diaryl/α,β-unsaturated/α-hetero) is 1. The number of hydrogen-bond acceptors (Lipinski definition) is 6. The Kier molecular flexibility index (Phi) is 6.68. The van der Waals surface area contributed by atoms with Crippen LogP contribution in [0.2, 0.25) is 5.02 Å². The minimum Gasteiger partial charge on any atom is -0.384 e. The van der Waals surface area contributed by atoms with Gasteiger partial charge in [-0.15, -0.1) is 23.1 Å². The number of anilines is 1. The summed E-state index contributed by atoms with van der Waals surface area (Å²) >= 11 is 10.1. The lowest BCUT2D eigenvalue weighted by molar-refractivity contribution is -0.118. The van der Waals surface area contributed by atoms with Crippen LogP contribution in [-0.4, -0.2) is 11.5 Å². The van der Waals surface area contributed by atoms with E-state index in [-0.39, 0.29) is 11.2 Å². The van der Waals surface area contributed by atoms with E-state index in [2.05, 4.69) is 39.8 Å². The molecule has 0 saturated heterocycles. The third kappa shape index (κ3) is 4.23. The average Bonchev–Trinajstić information content (AvgIpc) is 3.16. The first-order valence-corrected chi connectivity index (χ1v) is 13.4. The number of hydrogen-bond donors (Lipinski definition) is 1. The van der Waals surface area contributed by atoms with Crippen molar-refractivity contribution in [1.82, 2.24) is 0 Å². The number of carbonyl (C=O) groups excluding carboxylic acids is 1. The van der Waals surface area contributed by atoms with Crippen LogP contribution in [0, 0.1) is 16.7 Å². The molecule has 4 nitrogen and oxygen atoms in total. The summed E-state index contributed by atoms with van der Waals surface area (Å²) in [6.45, 7) is 8.46. The normalized spacial score (nSPS) is 20.2.